The van der Waals surface area contributed by atoms with Gasteiger partial charge in [0.15, 0.2) is 12.6 Å². The Morgan fingerprint density at radius 3 is 2.18 bits per heavy atom. The number of amides is 1. The Bertz CT molecular complexity index is 1010. The number of nitrogens with zero attached hydrogens (tertiary/aromatic N) is 1. The number of aliphatic imine (C=N–C) groups is 1. The molecular weight excluding hydrogens is 436 g/mol. The van der Waals surface area contributed by atoms with Crippen molar-refractivity contribution in [2.45, 2.75) is 51.0 Å². The molecule has 0 aromatic heterocycles. The van der Waals surface area contributed by atoms with Crippen molar-refractivity contribution in [2.75, 3.05) is 6.61 Å². The minimum absolute atomic E-state index is 0.0111. The van der Waals surface area contributed by atoms with Crippen LogP contribution >= 0.6 is 0 Å². The molecule has 0 saturated heterocycles. The van der Waals surface area contributed by atoms with Crippen molar-refractivity contribution in [1.29, 1.82) is 0 Å². The van der Waals surface area contributed by atoms with Crippen LogP contribution in [0.5, 0.6) is 5.75 Å². The monoisotopic (exact) mass is 466 g/mol. The summed E-state index contributed by atoms with van der Waals surface area (Å²) in [5.74, 6) is -1.05. The van der Waals surface area contributed by atoms with Crippen LogP contribution in [0.15, 0.2) is 53.5 Å². The van der Waals surface area contributed by atoms with E-state index in [0.29, 0.717) is 22.6 Å². The lowest BCUT2D eigenvalue weighted by molar-refractivity contribution is -0.148. The maximum Gasteiger partial charge on any atom is 0.343 e. The van der Waals surface area contributed by atoms with Crippen molar-refractivity contribution < 1.29 is 23.9 Å². The van der Waals surface area contributed by atoms with Gasteiger partial charge in [-0.3, -0.25) is 9.59 Å². The van der Waals surface area contributed by atoms with Crippen molar-refractivity contribution in [3.63, 3.8) is 0 Å². The SMILES string of the molecule is NC(N)=Nc1ccc(C(=O)Oc2ccc(CC(=O)OCC(=O)NC3CCCCCC3)cc2)cc1. The smallest absolute Gasteiger partial charge is 0.343 e. The largest absolute Gasteiger partial charge is 0.455 e. The third kappa shape index (κ3) is 8.23. The Kier molecular flexibility index (Phi) is 9.02. The number of hydrogen-bond donors (Lipinski definition) is 3. The fourth-order valence-corrected chi connectivity index (χ4v) is 3.72. The zero-order chi connectivity index (χ0) is 24.3. The maximum atomic E-state index is 12.3. The molecule has 1 fully saturated rings. The van der Waals surface area contributed by atoms with Crippen LogP contribution in [0, 0.1) is 0 Å². The Hall–Kier alpha value is -3.88. The minimum Gasteiger partial charge on any atom is -0.455 e. The quantitative estimate of drug-likeness (QED) is 0.178. The molecule has 0 radical (unpaired) electrons. The average molecular weight is 467 g/mol. The fraction of sp³-hybridized carbons (Fsp3) is 0.360. The van der Waals surface area contributed by atoms with Gasteiger partial charge >= 0.3 is 11.9 Å². The molecule has 0 atom stereocenters. The molecule has 0 aliphatic heterocycles. The van der Waals surface area contributed by atoms with E-state index in [-0.39, 0.29) is 30.9 Å². The summed E-state index contributed by atoms with van der Waals surface area (Å²) < 4.78 is 10.5. The lowest BCUT2D eigenvalue weighted by Crippen LogP contribution is -2.37. The van der Waals surface area contributed by atoms with E-state index < -0.39 is 11.9 Å². The Balaban J connectivity index is 1.43. The molecule has 9 nitrogen and oxygen atoms in total. The highest BCUT2D eigenvalue weighted by molar-refractivity contribution is 5.91. The number of carbonyl (C=O) groups excluding carboxylic acids is 3. The van der Waals surface area contributed by atoms with E-state index in [0.717, 1.165) is 25.7 Å². The molecule has 1 saturated carbocycles. The van der Waals surface area contributed by atoms with Crippen LogP contribution < -0.4 is 21.5 Å². The van der Waals surface area contributed by atoms with Gasteiger partial charge in [0.25, 0.3) is 5.91 Å². The minimum atomic E-state index is -0.539. The lowest BCUT2D eigenvalue weighted by Gasteiger charge is -2.16. The van der Waals surface area contributed by atoms with Crippen molar-refractivity contribution in [3.8, 4) is 5.75 Å². The third-order valence-electron chi connectivity index (χ3n) is 5.43. The summed E-state index contributed by atoms with van der Waals surface area (Å²) in [6.07, 6.45) is 6.58. The molecule has 0 bridgehead atoms. The Morgan fingerprint density at radius 1 is 0.912 bits per heavy atom. The first-order chi connectivity index (χ1) is 16.4. The van der Waals surface area contributed by atoms with Gasteiger partial charge in [-0.2, -0.15) is 0 Å². The van der Waals surface area contributed by atoms with Crippen LogP contribution in [0.2, 0.25) is 0 Å². The molecule has 9 heteroatoms. The molecule has 1 amide bonds. The fourth-order valence-electron chi connectivity index (χ4n) is 3.72. The van der Waals surface area contributed by atoms with Crippen LogP contribution in [-0.4, -0.2) is 36.5 Å². The number of ether oxygens (including phenoxy) is 2. The maximum absolute atomic E-state index is 12.3. The molecule has 2 aromatic rings. The van der Waals surface area contributed by atoms with Crippen LogP contribution in [0.1, 0.15) is 54.4 Å². The highest BCUT2D eigenvalue weighted by Crippen LogP contribution is 2.18. The van der Waals surface area contributed by atoms with Gasteiger partial charge in [-0.1, -0.05) is 37.8 Å². The van der Waals surface area contributed by atoms with Gasteiger partial charge in [0.2, 0.25) is 0 Å². The standard InChI is InChI=1S/C25H30N4O5/c26-25(27)29-20-11-9-18(10-12-20)24(32)34-21-13-7-17(8-14-21)15-23(31)33-16-22(30)28-19-5-3-1-2-4-6-19/h7-14,19H,1-6,15-16H2,(H,28,30)(H4,26,27,29). The number of hydrogen-bond acceptors (Lipinski definition) is 6. The molecule has 1 aliphatic carbocycles. The van der Waals surface area contributed by atoms with E-state index in [4.69, 9.17) is 20.9 Å². The van der Waals surface area contributed by atoms with Crippen molar-refractivity contribution >= 4 is 29.5 Å². The predicted octanol–water partition coefficient (Wildman–Crippen LogP) is 2.74. The first-order valence-electron chi connectivity index (χ1n) is 11.3. The lowest BCUT2D eigenvalue weighted by atomic mass is 10.1. The molecule has 2 aromatic carbocycles. The third-order valence-corrected chi connectivity index (χ3v) is 5.43. The zero-order valence-corrected chi connectivity index (χ0v) is 19.0. The molecule has 1 aliphatic rings. The van der Waals surface area contributed by atoms with Crippen molar-refractivity contribution in [1.82, 2.24) is 5.32 Å². The molecule has 3 rings (SSSR count). The van der Waals surface area contributed by atoms with E-state index in [1.165, 1.54) is 12.8 Å². The first-order valence-corrected chi connectivity index (χ1v) is 11.3. The van der Waals surface area contributed by atoms with Gasteiger partial charge in [0, 0.05) is 6.04 Å². The number of rotatable bonds is 8. The van der Waals surface area contributed by atoms with E-state index in [1.807, 2.05) is 0 Å². The van der Waals surface area contributed by atoms with Gasteiger partial charge in [-0.25, -0.2) is 9.79 Å². The molecule has 5 N–H and O–H groups in total. The van der Waals surface area contributed by atoms with Gasteiger partial charge in [-0.05, 0) is 54.8 Å². The summed E-state index contributed by atoms with van der Waals surface area (Å²) in [7, 11) is 0. The normalized spacial score (nSPS) is 13.9. The second kappa shape index (κ2) is 12.4. The van der Waals surface area contributed by atoms with Gasteiger partial charge in [0.05, 0.1) is 17.7 Å². The summed E-state index contributed by atoms with van der Waals surface area (Å²) >= 11 is 0. The molecule has 180 valence electrons. The number of benzene rings is 2. The van der Waals surface area contributed by atoms with Crippen molar-refractivity contribution in [3.05, 3.63) is 59.7 Å². The van der Waals surface area contributed by atoms with Crippen molar-refractivity contribution in [2.24, 2.45) is 16.5 Å². The summed E-state index contributed by atoms with van der Waals surface area (Å²) in [4.78, 5) is 40.3. The first kappa shape index (κ1) is 24.8. The van der Waals surface area contributed by atoms with Crippen LogP contribution in [0.4, 0.5) is 5.69 Å². The second-order valence-electron chi connectivity index (χ2n) is 8.21. The highest BCUT2D eigenvalue weighted by atomic mass is 16.5. The van der Waals surface area contributed by atoms with Crippen LogP contribution in [-0.2, 0) is 20.7 Å². The van der Waals surface area contributed by atoms with E-state index in [2.05, 4.69) is 10.3 Å². The molecule has 0 unspecified atom stereocenters. The molecular formula is C25H30N4O5. The topological polar surface area (TPSA) is 146 Å². The van der Waals surface area contributed by atoms with Crippen LogP contribution in [0.3, 0.4) is 0 Å². The van der Waals surface area contributed by atoms with Crippen LogP contribution in [0.25, 0.3) is 0 Å². The second-order valence-corrected chi connectivity index (χ2v) is 8.21. The van der Waals surface area contributed by atoms with Gasteiger partial charge in [-0.15, -0.1) is 0 Å². The summed E-state index contributed by atoms with van der Waals surface area (Å²) in [5, 5.41) is 2.95. The summed E-state index contributed by atoms with van der Waals surface area (Å²) in [5.41, 5.74) is 12.2. The average Bonchev–Trinajstić information content (AvgIpc) is 3.08. The van der Waals surface area contributed by atoms with E-state index in [9.17, 15) is 14.4 Å². The van der Waals surface area contributed by atoms with Gasteiger partial charge in [0.1, 0.15) is 5.75 Å². The summed E-state index contributed by atoms with van der Waals surface area (Å²) in [6, 6.07) is 13.0. The molecule has 34 heavy (non-hydrogen) atoms. The number of nitrogens with one attached hydrogen (secondary N) is 1. The predicted molar refractivity (Wildman–Crippen MR) is 128 cm³/mol. The van der Waals surface area contributed by atoms with Gasteiger partial charge < -0.3 is 26.3 Å². The van der Waals surface area contributed by atoms with E-state index >= 15 is 0 Å². The number of nitrogens with two attached hydrogens (primary N) is 2. The number of carbonyl (C=O) groups is 3. The zero-order valence-electron chi connectivity index (χ0n) is 19.0. The van der Waals surface area contributed by atoms with E-state index in [1.54, 1.807) is 48.5 Å². The Morgan fingerprint density at radius 2 is 1.56 bits per heavy atom. The summed E-state index contributed by atoms with van der Waals surface area (Å²) in [6.45, 7) is -0.285. The highest BCUT2D eigenvalue weighted by Gasteiger charge is 2.16. The molecule has 0 heterocycles. The number of guanidine groups is 1. The Labute approximate surface area is 198 Å². The number of esters is 2. The molecule has 0 spiro atoms.